The number of nitrogens with one attached hydrogen (secondary N) is 1. The maximum atomic E-state index is 6.27. The number of nitrogens with zero attached hydrogens (tertiary/aromatic N) is 3. The molecule has 142 valence electrons. The van der Waals surface area contributed by atoms with Crippen molar-refractivity contribution in [2.24, 2.45) is 0 Å². The highest BCUT2D eigenvalue weighted by molar-refractivity contribution is 7.99. The summed E-state index contributed by atoms with van der Waals surface area (Å²) in [4.78, 5) is 4.63. The van der Waals surface area contributed by atoms with E-state index >= 15 is 0 Å². The van der Waals surface area contributed by atoms with Crippen LogP contribution in [0.15, 0.2) is 47.6 Å². The number of rotatable bonds is 4. The van der Waals surface area contributed by atoms with E-state index in [4.69, 9.17) is 14.2 Å². The van der Waals surface area contributed by atoms with Crippen molar-refractivity contribution in [1.82, 2.24) is 15.2 Å². The van der Waals surface area contributed by atoms with E-state index in [-0.39, 0.29) is 6.79 Å². The summed E-state index contributed by atoms with van der Waals surface area (Å²) in [6, 6.07) is 13.7. The Kier molecular flexibility index (Phi) is 4.40. The van der Waals surface area contributed by atoms with Crippen LogP contribution < -0.4 is 19.5 Å². The van der Waals surface area contributed by atoms with Crippen LogP contribution in [0.25, 0.3) is 11.3 Å². The minimum atomic E-state index is -0.447. The van der Waals surface area contributed by atoms with E-state index < -0.39 is 6.23 Å². The highest BCUT2D eigenvalue weighted by Crippen LogP contribution is 2.41. The van der Waals surface area contributed by atoms with Crippen molar-refractivity contribution in [2.75, 3.05) is 17.9 Å². The van der Waals surface area contributed by atoms with Crippen LogP contribution in [0.5, 0.6) is 17.4 Å². The Morgan fingerprint density at radius 2 is 2.00 bits per heavy atom. The van der Waals surface area contributed by atoms with E-state index in [9.17, 15) is 0 Å². The molecule has 8 heteroatoms. The molecule has 0 saturated heterocycles. The molecule has 0 fully saturated rings. The third kappa shape index (κ3) is 3.09. The molecule has 3 heterocycles. The molecule has 5 rings (SSSR count). The lowest BCUT2D eigenvalue weighted by Crippen LogP contribution is -2.17. The summed E-state index contributed by atoms with van der Waals surface area (Å²) in [7, 11) is 0. The van der Waals surface area contributed by atoms with Gasteiger partial charge in [-0.25, -0.2) is 0 Å². The first-order valence-electron chi connectivity index (χ1n) is 9.11. The zero-order valence-corrected chi connectivity index (χ0v) is 16.0. The summed E-state index contributed by atoms with van der Waals surface area (Å²) in [5, 5.41) is 12.7. The average Bonchev–Trinajstić information content (AvgIpc) is 3.13. The summed E-state index contributed by atoms with van der Waals surface area (Å²) in [6.45, 7) is 2.36. The molecule has 1 atom stereocenters. The lowest BCUT2D eigenvalue weighted by molar-refractivity contribution is 0.173. The fourth-order valence-electron chi connectivity index (χ4n) is 3.13. The lowest BCUT2D eigenvalue weighted by Gasteiger charge is -2.19. The molecular weight excluding hydrogens is 376 g/mol. The largest absolute Gasteiger partial charge is 0.454 e. The Bertz CT molecular complexity index is 1030. The molecule has 0 radical (unpaired) electrons. The average molecular weight is 394 g/mol. The Hall–Kier alpha value is -3.00. The SMILES string of the molecule is CCCSc1nnc2c(n1)O[C@@H](c1ccc3c(c1)OCO3)Nc1ccccc1-2. The number of hydrogen-bond acceptors (Lipinski definition) is 8. The van der Waals surface area contributed by atoms with Crippen LogP contribution >= 0.6 is 11.8 Å². The molecule has 1 N–H and O–H groups in total. The molecule has 0 bridgehead atoms. The molecule has 2 aliphatic heterocycles. The number of ether oxygens (including phenoxy) is 3. The zero-order chi connectivity index (χ0) is 18.9. The Labute approximate surface area is 166 Å². The second-order valence-corrected chi connectivity index (χ2v) is 7.46. The van der Waals surface area contributed by atoms with E-state index in [1.54, 1.807) is 11.8 Å². The van der Waals surface area contributed by atoms with Crippen molar-refractivity contribution in [2.45, 2.75) is 24.7 Å². The molecule has 0 saturated carbocycles. The standard InChI is InChI=1S/C20H18N4O3S/c1-2-9-28-20-22-19-17(23-24-20)13-5-3-4-6-14(13)21-18(27-19)12-7-8-15-16(10-12)26-11-25-15/h3-8,10,18,21H,2,9,11H2,1H3/t18-/m0/s1. The van der Waals surface area contributed by atoms with E-state index in [0.29, 0.717) is 22.5 Å². The number of fused-ring (bicyclic) bond motifs is 4. The lowest BCUT2D eigenvalue weighted by atomic mass is 10.1. The van der Waals surface area contributed by atoms with Gasteiger partial charge in [-0.05, 0) is 30.7 Å². The molecule has 2 aliphatic rings. The molecule has 7 nitrogen and oxygen atoms in total. The van der Waals surface area contributed by atoms with Crippen molar-refractivity contribution in [3.8, 4) is 28.6 Å². The normalized spacial score (nSPS) is 16.4. The first-order valence-corrected chi connectivity index (χ1v) is 10.1. The third-order valence-corrected chi connectivity index (χ3v) is 5.51. The summed E-state index contributed by atoms with van der Waals surface area (Å²) in [5.74, 6) is 2.84. The molecule has 3 aromatic rings. The van der Waals surface area contributed by atoms with Crippen molar-refractivity contribution in [3.63, 3.8) is 0 Å². The van der Waals surface area contributed by atoms with Gasteiger partial charge in [0, 0.05) is 22.6 Å². The van der Waals surface area contributed by atoms with E-state index in [1.165, 1.54) is 0 Å². The summed E-state index contributed by atoms with van der Waals surface area (Å²) >= 11 is 1.57. The first kappa shape index (κ1) is 17.1. The van der Waals surface area contributed by atoms with Crippen LogP contribution in [-0.2, 0) is 0 Å². The Balaban J connectivity index is 1.57. The number of anilines is 1. The van der Waals surface area contributed by atoms with E-state index in [2.05, 4.69) is 27.4 Å². The maximum absolute atomic E-state index is 6.27. The smallest absolute Gasteiger partial charge is 0.247 e. The minimum Gasteiger partial charge on any atom is -0.454 e. The highest BCUT2D eigenvalue weighted by Gasteiger charge is 2.27. The quantitative estimate of drug-likeness (QED) is 0.657. The van der Waals surface area contributed by atoms with Crippen molar-refractivity contribution in [3.05, 3.63) is 48.0 Å². The predicted molar refractivity (Wildman–Crippen MR) is 106 cm³/mol. The van der Waals surface area contributed by atoms with Gasteiger partial charge in [0.05, 0.1) is 0 Å². The van der Waals surface area contributed by atoms with Gasteiger partial charge in [-0.3, -0.25) is 0 Å². The number of aromatic nitrogens is 3. The van der Waals surface area contributed by atoms with Crippen LogP contribution in [0, 0.1) is 0 Å². The predicted octanol–water partition coefficient (Wildman–Crippen LogP) is 4.27. The number of hydrogen-bond donors (Lipinski definition) is 1. The highest BCUT2D eigenvalue weighted by atomic mass is 32.2. The number of thioether (sulfide) groups is 1. The van der Waals surface area contributed by atoms with Gasteiger partial charge in [-0.2, -0.15) is 4.98 Å². The van der Waals surface area contributed by atoms with E-state index in [0.717, 1.165) is 34.7 Å². The van der Waals surface area contributed by atoms with Gasteiger partial charge in [0.2, 0.25) is 17.8 Å². The molecule has 2 aromatic carbocycles. The molecule has 0 amide bonds. The van der Waals surface area contributed by atoms with Gasteiger partial charge in [0.15, 0.2) is 23.4 Å². The minimum absolute atomic E-state index is 0.235. The summed E-state index contributed by atoms with van der Waals surface area (Å²) < 4.78 is 17.2. The van der Waals surface area contributed by atoms with Gasteiger partial charge in [0.25, 0.3) is 0 Å². The monoisotopic (exact) mass is 394 g/mol. The summed E-state index contributed by atoms with van der Waals surface area (Å²) in [5.41, 5.74) is 3.36. The fraction of sp³-hybridized carbons (Fsp3) is 0.250. The van der Waals surface area contributed by atoms with Crippen LogP contribution in [0.1, 0.15) is 25.1 Å². The fourth-order valence-corrected chi connectivity index (χ4v) is 3.76. The molecule has 0 spiro atoms. The Morgan fingerprint density at radius 3 is 2.93 bits per heavy atom. The molecule has 1 aromatic heterocycles. The topological polar surface area (TPSA) is 78.4 Å². The van der Waals surface area contributed by atoms with Crippen LogP contribution in [0.3, 0.4) is 0 Å². The van der Waals surface area contributed by atoms with Crippen molar-refractivity contribution >= 4 is 17.4 Å². The third-order valence-electron chi connectivity index (χ3n) is 4.47. The van der Waals surface area contributed by atoms with Crippen molar-refractivity contribution < 1.29 is 14.2 Å². The van der Waals surface area contributed by atoms with Gasteiger partial charge in [-0.1, -0.05) is 36.9 Å². The van der Waals surface area contributed by atoms with Crippen LogP contribution in [0.2, 0.25) is 0 Å². The van der Waals surface area contributed by atoms with Crippen molar-refractivity contribution in [1.29, 1.82) is 0 Å². The first-order chi connectivity index (χ1) is 13.8. The van der Waals surface area contributed by atoms with Gasteiger partial charge in [0.1, 0.15) is 0 Å². The molecule has 0 aliphatic carbocycles. The van der Waals surface area contributed by atoms with Gasteiger partial charge >= 0.3 is 0 Å². The van der Waals surface area contributed by atoms with Crippen LogP contribution in [0.4, 0.5) is 5.69 Å². The maximum Gasteiger partial charge on any atom is 0.247 e. The van der Waals surface area contributed by atoms with Gasteiger partial charge < -0.3 is 19.5 Å². The van der Waals surface area contributed by atoms with Gasteiger partial charge in [-0.15, -0.1) is 10.2 Å². The number of benzene rings is 2. The molecule has 28 heavy (non-hydrogen) atoms. The van der Waals surface area contributed by atoms with E-state index in [1.807, 2.05) is 42.5 Å². The Morgan fingerprint density at radius 1 is 1.11 bits per heavy atom. The second kappa shape index (κ2) is 7.20. The molecule has 0 unspecified atom stereocenters. The zero-order valence-electron chi connectivity index (χ0n) is 15.2. The second-order valence-electron chi connectivity index (χ2n) is 6.40. The van der Waals surface area contributed by atoms with Crippen LogP contribution in [-0.4, -0.2) is 27.7 Å². The summed E-state index contributed by atoms with van der Waals surface area (Å²) in [6.07, 6.45) is 0.591. The molecular formula is C20H18N4O3S. The number of para-hydroxylation sites is 1.